The van der Waals surface area contributed by atoms with Gasteiger partial charge in [0.2, 0.25) is 5.89 Å². The second-order valence-corrected chi connectivity index (χ2v) is 4.57. The second-order valence-electron chi connectivity index (χ2n) is 4.57. The molecule has 0 spiro atoms. The zero-order valence-electron chi connectivity index (χ0n) is 11.1. The molecule has 0 unspecified atom stereocenters. The van der Waals surface area contributed by atoms with Gasteiger partial charge in [-0.3, -0.25) is 4.79 Å². The van der Waals surface area contributed by atoms with E-state index in [9.17, 15) is 4.79 Å². The number of hydrogen-bond donors (Lipinski definition) is 1. The van der Waals surface area contributed by atoms with Gasteiger partial charge in [0.1, 0.15) is 5.52 Å². The Bertz CT molecular complexity index is 729. The lowest BCUT2D eigenvalue weighted by Gasteiger charge is -2.05. The summed E-state index contributed by atoms with van der Waals surface area (Å²) in [6, 6.07) is 15.0. The third-order valence-corrected chi connectivity index (χ3v) is 3.13. The van der Waals surface area contributed by atoms with Crippen molar-refractivity contribution >= 4 is 17.0 Å². The Morgan fingerprint density at radius 3 is 2.70 bits per heavy atom. The first-order valence-electron chi connectivity index (χ1n) is 6.42. The van der Waals surface area contributed by atoms with Gasteiger partial charge in [-0.25, -0.2) is 4.98 Å². The van der Waals surface area contributed by atoms with E-state index < -0.39 is 0 Å². The van der Waals surface area contributed by atoms with Gasteiger partial charge in [-0.2, -0.15) is 0 Å². The number of benzene rings is 2. The second kappa shape index (κ2) is 5.17. The Morgan fingerprint density at radius 2 is 1.90 bits per heavy atom. The van der Waals surface area contributed by atoms with E-state index in [0.29, 0.717) is 11.5 Å². The van der Waals surface area contributed by atoms with Crippen molar-refractivity contribution in [1.82, 2.24) is 10.3 Å². The molecule has 1 heterocycles. The highest BCUT2D eigenvalue weighted by Crippen LogP contribution is 2.14. The molecule has 1 amide bonds. The van der Waals surface area contributed by atoms with Crippen molar-refractivity contribution in [2.24, 2.45) is 0 Å². The number of aromatic nitrogens is 1. The van der Waals surface area contributed by atoms with Crippen LogP contribution in [0.2, 0.25) is 0 Å². The smallest absolute Gasteiger partial charge is 0.251 e. The molecular weight excluding hydrogens is 252 g/mol. The predicted octanol–water partition coefficient (Wildman–Crippen LogP) is 3.07. The SMILES string of the molecule is Cc1ccccc1C(=O)NCc1nc2ccccc2o1. The van der Waals surface area contributed by atoms with E-state index in [4.69, 9.17) is 4.42 Å². The fraction of sp³-hybridized carbons (Fsp3) is 0.125. The quantitative estimate of drug-likeness (QED) is 0.792. The number of nitrogens with one attached hydrogen (secondary N) is 1. The molecule has 4 heteroatoms. The van der Waals surface area contributed by atoms with E-state index in [2.05, 4.69) is 10.3 Å². The molecule has 0 saturated heterocycles. The lowest BCUT2D eigenvalue weighted by molar-refractivity contribution is 0.0947. The standard InChI is InChI=1S/C16H14N2O2/c1-11-6-2-3-7-12(11)16(19)17-10-15-18-13-8-4-5-9-14(13)20-15/h2-9H,10H2,1H3,(H,17,19). The Labute approximate surface area is 116 Å². The predicted molar refractivity (Wildman–Crippen MR) is 76.4 cm³/mol. The number of carbonyl (C=O) groups excluding carboxylic acids is 1. The maximum Gasteiger partial charge on any atom is 0.251 e. The number of para-hydroxylation sites is 2. The van der Waals surface area contributed by atoms with Gasteiger partial charge in [0.05, 0.1) is 6.54 Å². The number of nitrogens with zero attached hydrogens (tertiary/aromatic N) is 1. The van der Waals surface area contributed by atoms with Crippen LogP contribution in [0.15, 0.2) is 52.9 Å². The molecule has 0 bridgehead atoms. The van der Waals surface area contributed by atoms with Crippen LogP contribution in [-0.4, -0.2) is 10.9 Å². The van der Waals surface area contributed by atoms with Crippen molar-refractivity contribution in [3.05, 3.63) is 65.5 Å². The summed E-state index contributed by atoms with van der Waals surface area (Å²) in [5, 5.41) is 2.82. The number of fused-ring (bicyclic) bond motifs is 1. The molecule has 20 heavy (non-hydrogen) atoms. The summed E-state index contributed by atoms with van der Waals surface area (Å²) in [5.74, 6) is 0.387. The number of rotatable bonds is 3. The van der Waals surface area contributed by atoms with Gasteiger partial charge >= 0.3 is 0 Å². The molecule has 0 atom stereocenters. The Hall–Kier alpha value is -2.62. The van der Waals surface area contributed by atoms with Crippen LogP contribution in [0.25, 0.3) is 11.1 Å². The van der Waals surface area contributed by atoms with Gasteiger partial charge in [0, 0.05) is 5.56 Å². The minimum absolute atomic E-state index is 0.120. The van der Waals surface area contributed by atoms with Crippen molar-refractivity contribution in [3.8, 4) is 0 Å². The van der Waals surface area contributed by atoms with Crippen LogP contribution < -0.4 is 5.32 Å². The number of amides is 1. The molecule has 0 aliphatic heterocycles. The molecule has 100 valence electrons. The van der Waals surface area contributed by atoms with Crippen LogP contribution in [-0.2, 0) is 6.54 Å². The third kappa shape index (κ3) is 2.40. The lowest BCUT2D eigenvalue weighted by Crippen LogP contribution is -2.23. The number of aryl methyl sites for hydroxylation is 1. The fourth-order valence-corrected chi connectivity index (χ4v) is 2.07. The topological polar surface area (TPSA) is 55.1 Å². The lowest BCUT2D eigenvalue weighted by atomic mass is 10.1. The van der Waals surface area contributed by atoms with Crippen LogP contribution in [0.3, 0.4) is 0 Å². The van der Waals surface area contributed by atoms with Gasteiger partial charge < -0.3 is 9.73 Å². The minimum Gasteiger partial charge on any atom is -0.439 e. The van der Waals surface area contributed by atoms with E-state index in [1.54, 1.807) is 6.07 Å². The Kier molecular flexibility index (Phi) is 3.21. The summed E-state index contributed by atoms with van der Waals surface area (Å²) >= 11 is 0. The van der Waals surface area contributed by atoms with Crippen LogP contribution in [0.1, 0.15) is 21.8 Å². The monoisotopic (exact) mass is 266 g/mol. The first kappa shape index (κ1) is 12.4. The highest BCUT2D eigenvalue weighted by atomic mass is 16.3. The summed E-state index contributed by atoms with van der Waals surface area (Å²) in [6.07, 6.45) is 0. The van der Waals surface area contributed by atoms with Crippen molar-refractivity contribution in [2.75, 3.05) is 0 Å². The third-order valence-electron chi connectivity index (χ3n) is 3.13. The molecule has 0 aliphatic rings. The van der Waals surface area contributed by atoms with Gasteiger partial charge in [-0.1, -0.05) is 30.3 Å². The normalized spacial score (nSPS) is 10.7. The largest absolute Gasteiger partial charge is 0.439 e. The summed E-state index contributed by atoms with van der Waals surface area (Å²) in [4.78, 5) is 16.4. The van der Waals surface area contributed by atoms with Gasteiger partial charge in [0.15, 0.2) is 5.58 Å². The average molecular weight is 266 g/mol. The maximum absolute atomic E-state index is 12.1. The molecule has 3 aromatic rings. The summed E-state index contributed by atoms with van der Waals surface area (Å²) in [6.45, 7) is 2.19. The summed E-state index contributed by atoms with van der Waals surface area (Å²) in [5.41, 5.74) is 3.14. The molecule has 0 radical (unpaired) electrons. The van der Waals surface area contributed by atoms with Gasteiger partial charge in [0.25, 0.3) is 5.91 Å². The Balaban J connectivity index is 1.73. The Morgan fingerprint density at radius 1 is 1.15 bits per heavy atom. The van der Waals surface area contributed by atoms with Crippen LogP contribution >= 0.6 is 0 Å². The van der Waals surface area contributed by atoms with Crippen molar-refractivity contribution in [1.29, 1.82) is 0 Å². The zero-order valence-corrected chi connectivity index (χ0v) is 11.1. The highest BCUT2D eigenvalue weighted by molar-refractivity contribution is 5.95. The zero-order chi connectivity index (χ0) is 13.9. The number of oxazole rings is 1. The van der Waals surface area contributed by atoms with E-state index in [-0.39, 0.29) is 12.5 Å². The van der Waals surface area contributed by atoms with Crippen LogP contribution in [0.5, 0.6) is 0 Å². The van der Waals surface area contributed by atoms with Crippen molar-refractivity contribution in [2.45, 2.75) is 13.5 Å². The minimum atomic E-state index is -0.120. The van der Waals surface area contributed by atoms with E-state index in [0.717, 1.165) is 16.7 Å². The molecule has 3 rings (SSSR count). The van der Waals surface area contributed by atoms with Gasteiger partial charge in [-0.05, 0) is 30.7 Å². The van der Waals surface area contributed by atoms with E-state index in [1.165, 1.54) is 0 Å². The molecular formula is C16H14N2O2. The summed E-state index contributed by atoms with van der Waals surface area (Å²) in [7, 11) is 0. The van der Waals surface area contributed by atoms with Crippen molar-refractivity contribution in [3.63, 3.8) is 0 Å². The van der Waals surface area contributed by atoms with Crippen LogP contribution in [0.4, 0.5) is 0 Å². The molecule has 1 N–H and O–H groups in total. The number of carbonyl (C=O) groups is 1. The van der Waals surface area contributed by atoms with E-state index >= 15 is 0 Å². The summed E-state index contributed by atoms with van der Waals surface area (Å²) < 4.78 is 5.56. The molecule has 1 aromatic heterocycles. The first-order valence-corrected chi connectivity index (χ1v) is 6.42. The average Bonchev–Trinajstić information content (AvgIpc) is 2.88. The van der Waals surface area contributed by atoms with Crippen LogP contribution in [0, 0.1) is 6.92 Å². The van der Waals surface area contributed by atoms with E-state index in [1.807, 2.05) is 49.4 Å². The first-order chi connectivity index (χ1) is 9.74. The molecule has 0 saturated carbocycles. The molecule has 0 fully saturated rings. The van der Waals surface area contributed by atoms with Gasteiger partial charge in [-0.15, -0.1) is 0 Å². The van der Waals surface area contributed by atoms with Crippen molar-refractivity contribution < 1.29 is 9.21 Å². The molecule has 4 nitrogen and oxygen atoms in total. The maximum atomic E-state index is 12.1. The fourth-order valence-electron chi connectivity index (χ4n) is 2.07. The highest BCUT2D eigenvalue weighted by Gasteiger charge is 2.10. The molecule has 2 aromatic carbocycles. The molecule has 0 aliphatic carbocycles. The number of hydrogen-bond acceptors (Lipinski definition) is 3.